The van der Waals surface area contributed by atoms with Crippen molar-refractivity contribution in [2.75, 3.05) is 18.5 Å². The summed E-state index contributed by atoms with van der Waals surface area (Å²) in [5.74, 6) is 0. The monoisotopic (exact) mass is 328 g/mol. The molecule has 1 aliphatic rings. The Morgan fingerprint density at radius 2 is 1.92 bits per heavy atom. The molecule has 0 spiro atoms. The van der Waals surface area contributed by atoms with Gasteiger partial charge < -0.3 is 10.4 Å². The number of hydrogen-bond acceptors (Lipinski definition) is 3. The molecule has 2 aromatic carbocycles. The molecule has 122 valence electrons. The summed E-state index contributed by atoms with van der Waals surface area (Å²) in [6.45, 7) is 0.258. The van der Waals surface area contributed by atoms with E-state index in [0.717, 1.165) is 0 Å². The van der Waals surface area contributed by atoms with Crippen LogP contribution in [0.25, 0.3) is 22.0 Å². The van der Waals surface area contributed by atoms with Gasteiger partial charge in [-0.2, -0.15) is 8.78 Å². The lowest BCUT2D eigenvalue weighted by molar-refractivity contribution is -0.0309. The number of benzene rings is 2. The van der Waals surface area contributed by atoms with Crippen LogP contribution < -0.4 is 10.9 Å². The number of anilines is 1. The van der Waals surface area contributed by atoms with Crippen molar-refractivity contribution in [3.05, 3.63) is 64.4 Å². The number of fused-ring (bicyclic) bond motifs is 4. The van der Waals surface area contributed by atoms with E-state index in [1.165, 1.54) is 6.07 Å². The largest absolute Gasteiger partial charge is 0.395 e. The Kier molecular flexibility index (Phi) is 3.18. The summed E-state index contributed by atoms with van der Waals surface area (Å²) in [6.07, 6.45) is 0. The van der Waals surface area contributed by atoms with Crippen LogP contribution >= 0.6 is 0 Å². The SMILES string of the molecule is O=c1c2cc(NCCO)ccc2cc2n1C(F)(F)c1ccccc1-2. The number of rotatable bonds is 3. The summed E-state index contributed by atoms with van der Waals surface area (Å²) in [7, 11) is 0. The van der Waals surface area contributed by atoms with Crippen molar-refractivity contribution in [2.45, 2.75) is 6.05 Å². The number of hydrogen-bond donors (Lipinski definition) is 2. The first-order valence-corrected chi connectivity index (χ1v) is 7.57. The lowest BCUT2D eigenvalue weighted by Gasteiger charge is -2.15. The third kappa shape index (κ3) is 1.96. The fourth-order valence-corrected chi connectivity index (χ4v) is 3.19. The number of alkyl halides is 2. The molecule has 6 heteroatoms. The van der Waals surface area contributed by atoms with Gasteiger partial charge in [-0.25, -0.2) is 4.57 Å². The van der Waals surface area contributed by atoms with E-state index in [1.54, 1.807) is 42.5 Å². The predicted octanol–water partition coefficient (Wildman–Crippen LogP) is 2.98. The highest BCUT2D eigenvalue weighted by molar-refractivity contribution is 5.89. The molecule has 1 aromatic heterocycles. The van der Waals surface area contributed by atoms with Crippen LogP contribution in [-0.2, 0) is 6.05 Å². The second-order valence-electron chi connectivity index (χ2n) is 5.71. The van der Waals surface area contributed by atoms with Crippen LogP contribution in [0.15, 0.2) is 53.3 Å². The average molecular weight is 328 g/mol. The Bertz CT molecular complexity index is 1010. The van der Waals surface area contributed by atoms with E-state index in [2.05, 4.69) is 5.32 Å². The number of aliphatic hydroxyl groups is 1. The van der Waals surface area contributed by atoms with Crippen LogP contribution in [0, 0.1) is 0 Å². The van der Waals surface area contributed by atoms with Crippen molar-refractivity contribution in [3.8, 4) is 11.3 Å². The number of aliphatic hydroxyl groups excluding tert-OH is 1. The molecule has 0 fully saturated rings. The van der Waals surface area contributed by atoms with Crippen molar-refractivity contribution in [1.82, 2.24) is 4.57 Å². The van der Waals surface area contributed by atoms with Gasteiger partial charge in [-0.1, -0.05) is 30.3 Å². The van der Waals surface area contributed by atoms with Gasteiger partial charge in [0.1, 0.15) is 0 Å². The Labute approximate surface area is 136 Å². The minimum atomic E-state index is -3.37. The Balaban J connectivity index is 2.00. The average Bonchev–Trinajstić information content (AvgIpc) is 2.82. The van der Waals surface area contributed by atoms with Crippen molar-refractivity contribution in [1.29, 1.82) is 0 Å². The van der Waals surface area contributed by atoms with Crippen molar-refractivity contribution in [2.24, 2.45) is 0 Å². The van der Waals surface area contributed by atoms with E-state index in [0.29, 0.717) is 27.7 Å². The number of pyridine rings is 1. The first-order valence-electron chi connectivity index (χ1n) is 7.57. The van der Waals surface area contributed by atoms with Crippen LogP contribution in [-0.4, -0.2) is 22.8 Å². The maximum absolute atomic E-state index is 14.7. The first kappa shape index (κ1) is 14.8. The quantitative estimate of drug-likeness (QED) is 0.777. The Morgan fingerprint density at radius 3 is 2.71 bits per heavy atom. The number of halogens is 2. The van der Waals surface area contributed by atoms with Crippen LogP contribution in [0.1, 0.15) is 5.56 Å². The topological polar surface area (TPSA) is 54.3 Å². The third-order valence-electron chi connectivity index (χ3n) is 4.27. The molecule has 4 rings (SSSR count). The molecule has 2 N–H and O–H groups in total. The summed E-state index contributed by atoms with van der Waals surface area (Å²) in [5.41, 5.74) is 0.327. The summed E-state index contributed by atoms with van der Waals surface area (Å²) >= 11 is 0. The van der Waals surface area contributed by atoms with Crippen molar-refractivity contribution < 1.29 is 13.9 Å². The second kappa shape index (κ2) is 5.14. The molecule has 0 bridgehead atoms. The summed E-state index contributed by atoms with van der Waals surface area (Å²) in [6, 6.07) is 9.44. The molecule has 0 unspecified atom stereocenters. The zero-order valence-corrected chi connectivity index (χ0v) is 12.6. The summed E-state index contributed by atoms with van der Waals surface area (Å²) in [4.78, 5) is 12.7. The minimum Gasteiger partial charge on any atom is -0.395 e. The Hall–Kier alpha value is -2.73. The number of aromatic nitrogens is 1. The van der Waals surface area contributed by atoms with Gasteiger partial charge in [0, 0.05) is 23.2 Å². The highest BCUT2D eigenvalue weighted by Crippen LogP contribution is 2.45. The molecule has 0 saturated heterocycles. The van der Waals surface area contributed by atoms with Crippen molar-refractivity contribution in [3.63, 3.8) is 0 Å². The molecule has 0 aliphatic carbocycles. The molecule has 0 atom stereocenters. The smallest absolute Gasteiger partial charge is 0.359 e. The van der Waals surface area contributed by atoms with E-state index in [9.17, 15) is 13.6 Å². The highest BCUT2D eigenvalue weighted by Gasteiger charge is 2.45. The van der Waals surface area contributed by atoms with E-state index in [-0.39, 0.29) is 23.3 Å². The van der Waals surface area contributed by atoms with E-state index in [4.69, 9.17) is 5.11 Å². The molecular formula is C18H14F2N2O2. The number of nitrogens with zero attached hydrogens (tertiary/aromatic N) is 1. The maximum atomic E-state index is 14.7. The second-order valence-corrected chi connectivity index (χ2v) is 5.71. The zero-order chi connectivity index (χ0) is 16.9. The standard InChI is InChI=1S/C18H14F2N2O2/c19-18(20)15-4-2-1-3-13(15)16-9-11-5-6-12(21-7-8-23)10-14(11)17(24)22(16)18/h1-6,9-10,21,23H,7-8H2. The van der Waals surface area contributed by atoms with Crippen molar-refractivity contribution >= 4 is 16.5 Å². The van der Waals surface area contributed by atoms with Gasteiger partial charge in [-0.05, 0) is 23.6 Å². The van der Waals surface area contributed by atoms with Crippen LogP contribution in [0.3, 0.4) is 0 Å². The van der Waals surface area contributed by atoms with Gasteiger partial charge >= 0.3 is 6.05 Å². The van der Waals surface area contributed by atoms with Gasteiger partial charge in [0.2, 0.25) is 0 Å². The molecule has 3 aromatic rings. The molecule has 0 amide bonds. The van der Waals surface area contributed by atoms with Gasteiger partial charge in [0.25, 0.3) is 5.56 Å². The van der Waals surface area contributed by atoms with Crippen LogP contribution in [0.4, 0.5) is 14.5 Å². The maximum Gasteiger partial charge on any atom is 0.359 e. The fraction of sp³-hybridized carbons (Fsp3) is 0.167. The molecule has 24 heavy (non-hydrogen) atoms. The van der Waals surface area contributed by atoms with Gasteiger partial charge in [0.05, 0.1) is 17.9 Å². The predicted molar refractivity (Wildman–Crippen MR) is 88.5 cm³/mol. The molecule has 0 saturated carbocycles. The molecule has 4 nitrogen and oxygen atoms in total. The lowest BCUT2D eigenvalue weighted by atomic mass is 10.1. The third-order valence-corrected chi connectivity index (χ3v) is 4.27. The fourth-order valence-electron chi connectivity index (χ4n) is 3.19. The van der Waals surface area contributed by atoms with Gasteiger partial charge in [-0.3, -0.25) is 4.79 Å². The first-order chi connectivity index (χ1) is 11.5. The van der Waals surface area contributed by atoms with Gasteiger partial charge in [0.15, 0.2) is 0 Å². The van der Waals surface area contributed by atoms with Crippen LogP contribution in [0.5, 0.6) is 0 Å². The number of nitrogens with one attached hydrogen (secondary N) is 1. The van der Waals surface area contributed by atoms with E-state index < -0.39 is 11.6 Å². The normalized spacial score (nSPS) is 14.5. The Morgan fingerprint density at radius 1 is 1.12 bits per heavy atom. The summed E-state index contributed by atoms with van der Waals surface area (Å²) in [5, 5.41) is 12.6. The molecule has 1 aliphatic heterocycles. The van der Waals surface area contributed by atoms with Crippen LogP contribution in [0.2, 0.25) is 0 Å². The van der Waals surface area contributed by atoms with Gasteiger partial charge in [-0.15, -0.1) is 0 Å². The molecular weight excluding hydrogens is 314 g/mol. The lowest BCUT2D eigenvalue weighted by Crippen LogP contribution is -2.32. The highest BCUT2D eigenvalue weighted by atomic mass is 19.3. The molecule has 0 radical (unpaired) electrons. The minimum absolute atomic E-state index is 0.0609. The van der Waals surface area contributed by atoms with E-state index >= 15 is 0 Å². The zero-order valence-electron chi connectivity index (χ0n) is 12.6. The molecule has 2 heterocycles. The summed E-state index contributed by atoms with van der Waals surface area (Å²) < 4.78 is 30.0. The van der Waals surface area contributed by atoms with E-state index in [1.807, 2.05) is 0 Å².